The second-order valence-corrected chi connectivity index (χ2v) is 13.3. The third-order valence-electron chi connectivity index (χ3n) is 8.51. The lowest BCUT2D eigenvalue weighted by molar-refractivity contribution is -0.124. The van der Waals surface area contributed by atoms with Crippen LogP contribution in [0.15, 0.2) is 48.5 Å². The molecule has 0 bridgehead atoms. The molecule has 2 aliphatic rings. The summed E-state index contributed by atoms with van der Waals surface area (Å²) >= 11 is 0. The summed E-state index contributed by atoms with van der Waals surface area (Å²) in [6.45, 7) is 12.5. The fourth-order valence-electron chi connectivity index (χ4n) is 6.10. The molecule has 228 valence electrons. The number of amides is 2. The molecule has 42 heavy (non-hydrogen) atoms. The minimum absolute atomic E-state index is 0.0212. The van der Waals surface area contributed by atoms with Gasteiger partial charge in [0.25, 0.3) is 0 Å². The van der Waals surface area contributed by atoms with Gasteiger partial charge in [0.05, 0.1) is 0 Å². The highest BCUT2D eigenvalue weighted by Gasteiger charge is 2.29. The van der Waals surface area contributed by atoms with Crippen molar-refractivity contribution in [1.29, 1.82) is 0 Å². The lowest BCUT2D eigenvalue weighted by atomic mass is 9.84. The standard InChI is InChI=1S/C35H49N3O4/c1-24(2)32(39)29-14-13-26-18-21-38(22-19-28(26)23-29)20-17-25-11-15-30(16-12-25)36-33(40)31(27-9-7-6-8-10-27)37-34(41)42-35(3,4)5/h6-10,13-14,23-25,30-31H,11-12,15-22H2,1-5H3,(H,36,40)(H,37,41). The molecule has 1 atom stereocenters. The van der Waals surface area contributed by atoms with Gasteiger partial charge in [0.1, 0.15) is 11.6 Å². The number of fused-ring (bicyclic) bond motifs is 1. The van der Waals surface area contributed by atoms with Crippen LogP contribution in [0.25, 0.3) is 0 Å². The summed E-state index contributed by atoms with van der Waals surface area (Å²) in [7, 11) is 0. The molecule has 0 saturated heterocycles. The van der Waals surface area contributed by atoms with Crippen molar-refractivity contribution < 1.29 is 19.1 Å². The number of nitrogens with zero attached hydrogens (tertiary/aromatic N) is 1. The van der Waals surface area contributed by atoms with E-state index in [0.29, 0.717) is 5.92 Å². The van der Waals surface area contributed by atoms with E-state index in [1.165, 1.54) is 17.5 Å². The molecule has 1 saturated carbocycles. The van der Waals surface area contributed by atoms with Gasteiger partial charge in [-0.3, -0.25) is 9.59 Å². The minimum Gasteiger partial charge on any atom is -0.444 e. The van der Waals surface area contributed by atoms with Crippen LogP contribution in [0.3, 0.4) is 0 Å². The Morgan fingerprint density at radius 3 is 2.24 bits per heavy atom. The second kappa shape index (κ2) is 14.3. The van der Waals surface area contributed by atoms with Crippen molar-refractivity contribution in [3.8, 4) is 0 Å². The molecule has 2 N–H and O–H groups in total. The maximum Gasteiger partial charge on any atom is 0.408 e. The molecule has 1 heterocycles. The average molecular weight is 576 g/mol. The summed E-state index contributed by atoms with van der Waals surface area (Å²) in [5.74, 6) is 0.704. The lowest BCUT2D eigenvalue weighted by Crippen LogP contribution is -2.46. The molecule has 0 aromatic heterocycles. The van der Waals surface area contributed by atoms with Crippen molar-refractivity contribution in [3.63, 3.8) is 0 Å². The van der Waals surface area contributed by atoms with E-state index in [2.05, 4.69) is 27.7 Å². The van der Waals surface area contributed by atoms with Gasteiger partial charge in [-0.25, -0.2) is 4.79 Å². The number of hydrogen-bond donors (Lipinski definition) is 2. The predicted molar refractivity (Wildman–Crippen MR) is 167 cm³/mol. The summed E-state index contributed by atoms with van der Waals surface area (Å²) in [4.78, 5) is 40.9. The Bertz CT molecular complexity index is 1210. The summed E-state index contributed by atoms with van der Waals surface area (Å²) in [6, 6.07) is 14.9. The van der Waals surface area contributed by atoms with Crippen molar-refractivity contribution in [3.05, 3.63) is 70.8 Å². The molecular formula is C35H49N3O4. The SMILES string of the molecule is CC(C)C(=O)c1ccc2c(c1)CCN(CCC1CCC(NC(=O)C(NC(=O)OC(C)(C)C)c3ccccc3)CC1)CC2. The molecule has 1 aliphatic carbocycles. The Morgan fingerprint density at radius 2 is 1.60 bits per heavy atom. The monoisotopic (exact) mass is 575 g/mol. The lowest BCUT2D eigenvalue weighted by Gasteiger charge is -2.32. The molecule has 7 heteroatoms. The largest absolute Gasteiger partial charge is 0.444 e. The molecule has 0 radical (unpaired) electrons. The first kappa shape index (κ1) is 31.7. The van der Waals surface area contributed by atoms with Crippen molar-refractivity contribution in [2.24, 2.45) is 11.8 Å². The quantitative estimate of drug-likeness (QED) is 0.345. The van der Waals surface area contributed by atoms with Gasteiger partial charge in [0.2, 0.25) is 5.91 Å². The zero-order valence-corrected chi connectivity index (χ0v) is 26.1. The smallest absolute Gasteiger partial charge is 0.408 e. The van der Waals surface area contributed by atoms with E-state index < -0.39 is 17.7 Å². The van der Waals surface area contributed by atoms with E-state index in [-0.39, 0.29) is 23.7 Å². The van der Waals surface area contributed by atoms with Gasteiger partial charge >= 0.3 is 6.09 Å². The molecule has 1 unspecified atom stereocenters. The van der Waals surface area contributed by atoms with Gasteiger partial charge < -0.3 is 20.3 Å². The number of hydrogen-bond acceptors (Lipinski definition) is 5. The molecule has 4 rings (SSSR count). The van der Waals surface area contributed by atoms with Crippen molar-refractivity contribution in [2.45, 2.75) is 97.2 Å². The molecule has 0 spiro atoms. The number of carbonyl (C=O) groups is 3. The van der Waals surface area contributed by atoms with E-state index >= 15 is 0 Å². The van der Waals surface area contributed by atoms with Crippen LogP contribution in [0.2, 0.25) is 0 Å². The van der Waals surface area contributed by atoms with Crippen molar-refractivity contribution in [1.82, 2.24) is 15.5 Å². The molecule has 2 amide bonds. The van der Waals surface area contributed by atoms with Gasteiger partial charge in [0, 0.05) is 30.6 Å². The molecule has 1 aliphatic heterocycles. The summed E-state index contributed by atoms with van der Waals surface area (Å²) in [5.41, 5.74) is 3.64. The zero-order valence-electron chi connectivity index (χ0n) is 26.1. The minimum atomic E-state index is -0.800. The number of alkyl carbamates (subject to hydrolysis) is 1. The van der Waals surface area contributed by atoms with Crippen LogP contribution in [0, 0.1) is 11.8 Å². The molecule has 2 aromatic rings. The fourth-order valence-corrected chi connectivity index (χ4v) is 6.10. The molecule has 2 aromatic carbocycles. The third-order valence-corrected chi connectivity index (χ3v) is 8.51. The van der Waals surface area contributed by atoms with Gasteiger partial charge in [-0.15, -0.1) is 0 Å². The number of ether oxygens (including phenoxy) is 1. The first-order valence-electron chi connectivity index (χ1n) is 15.7. The first-order valence-corrected chi connectivity index (χ1v) is 15.7. The van der Waals surface area contributed by atoms with E-state index in [0.717, 1.165) is 69.3 Å². The summed E-state index contributed by atoms with van der Waals surface area (Å²) in [6.07, 6.45) is 6.67. The fraction of sp³-hybridized carbons (Fsp3) is 0.571. The van der Waals surface area contributed by atoms with Crippen LogP contribution in [0.1, 0.15) is 99.8 Å². The van der Waals surface area contributed by atoms with Crippen LogP contribution in [-0.2, 0) is 22.4 Å². The zero-order chi connectivity index (χ0) is 30.3. The molecule has 1 fully saturated rings. The Balaban J connectivity index is 1.23. The van der Waals surface area contributed by atoms with Gasteiger partial charge in [0.15, 0.2) is 5.78 Å². The highest BCUT2D eigenvalue weighted by Crippen LogP contribution is 2.28. The Morgan fingerprint density at radius 1 is 0.929 bits per heavy atom. The third kappa shape index (κ3) is 9.15. The van der Waals surface area contributed by atoms with E-state index in [1.807, 2.05) is 50.2 Å². The number of benzene rings is 2. The van der Waals surface area contributed by atoms with Gasteiger partial charge in [-0.05, 0) is 101 Å². The highest BCUT2D eigenvalue weighted by molar-refractivity contribution is 5.97. The second-order valence-electron chi connectivity index (χ2n) is 13.3. The van der Waals surface area contributed by atoms with Gasteiger partial charge in [-0.2, -0.15) is 0 Å². The van der Waals surface area contributed by atoms with Crippen LogP contribution >= 0.6 is 0 Å². The number of nitrogens with one attached hydrogen (secondary N) is 2. The first-order chi connectivity index (χ1) is 20.0. The maximum absolute atomic E-state index is 13.3. The number of Topliss-reactive ketones (excluding diaryl/α,β-unsaturated/α-hetero) is 1. The number of carbonyl (C=O) groups excluding carboxylic acids is 3. The Hall–Kier alpha value is -3.19. The van der Waals surface area contributed by atoms with Crippen LogP contribution in [0.4, 0.5) is 4.79 Å². The van der Waals surface area contributed by atoms with Crippen LogP contribution in [-0.4, -0.2) is 54.0 Å². The van der Waals surface area contributed by atoms with E-state index in [1.54, 1.807) is 20.8 Å². The molecular weight excluding hydrogens is 526 g/mol. The summed E-state index contributed by atoms with van der Waals surface area (Å²) in [5, 5.41) is 5.98. The normalized spacial score (nSPS) is 20.2. The van der Waals surface area contributed by atoms with E-state index in [9.17, 15) is 14.4 Å². The van der Waals surface area contributed by atoms with E-state index in [4.69, 9.17) is 4.74 Å². The topological polar surface area (TPSA) is 87.7 Å². The average Bonchev–Trinajstić information content (AvgIpc) is 3.16. The Kier molecular flexibility index (Phi) is 10.8. The van der Waals surface area contributed by atoms with Crippen LogP contribution in [0.5, 0.6) is 0 Å². The van der Waals surface area contributed by atoms with Crippen molar-refractivity contribution in [2.75, 3.05) is 19.6 Å². The summed E-state index contributed by atoms with van der Waals surface area (Å²) < 4.78 is 5.42. The van der Waals surface area contributed by atoms with Gasteiger partial charge in [-0.1, -0.05) is 56.3 Å². The highest BCUT2D eigenvalue weighted by atomic mass is 16.6. The number of ketones is 1. The Labute approximate surface area is 251 Å². The van der Waals surface area contributed by atoms with Crippen molar-refractivity contribution >= 4 is 17.8 Å². The maximum atomic E-state index is 13.3. The predicted octanol–water partition coefficient (Wildman–Crippen LogP) is 6.26. The molecule has 7 nitrogen and oxygen atoms in total. The number of rotatable bonds is 9. The van der Waals surface area contributed by atoms with Crippen LogP contribution < -0.4 is 10.6 Å².